The van der Waals surface area contributed by atoms with Gasteiger partial charge < -0.3 is 24.1 Å². The summed E-state index contributed by atoms with van der Waals surface area (Å²) in [7, 11) is 2.92. The second-order valence-corrected chi connectivity index (χ2v) is 8.35. The van der Waals surface area contributed by atoms with Crippen LogP contribution in [0.15, 0.2) is 72.8 Å². The van der Waals surface area contributed by atoms with Crippen molar-refractivity contribution in [2.24, 2.45) is 0 Å². The van der Waals surface area contributed by atoms with E-state index in [0.717, 1.165) is 5.56 Å². The molecule has 2 unspecified atom stereocenters. The van der Waals surface area contributed by atoms with Crippen molar-refractivity contribution in [2.75, 3.05) is 27.4 Å². The number of nitrogens with one attached hydrogen (secondary N) is 1. The topological polar surface area (TPSA) is 86.3 Å². The molecular weight excluding hydrogens is 482 g/mol. The molecule has 0 bridgehead atoms. The van der Waals surface area contributed by atoms with Crippen molar-refractivity contribution < 1.29 is 28.8 Å². The number of hydrogen-bond acceptors (Lipinski definition) is 7. The van der Waals surface area contributed by atoms with Crippen molar-refractivity contribution in [3.63, 3.8) is 0 Å². The zero-order valence-electron chi connectivity index (χ0n) is 20.4. The quantitative estimate of drug-likeness (QED) is 0.156. The Hall–Kier alpha value is -3.52. The van der Waals surface area contributed by atoms with Crippen LogP contribution in [-0.2, 0) is 9.53 Å². The van der Waals surface area contributed by atoms with Crippen LogP contribution in [-0.4, -0.2) is 50.8 Å². The fourth-order valence-corrected chi connectivity index (χ4v) is 3.54. The molecule has 0 aliphatic carbocycles. The third kappa shape index (κ3) is 8.02. The van der Waals surface area contributed by atoms with E-state index in [-0.39, 0.29) is 19.4 Å². The standard InChI is InChI=1S/C28H30ClNO6/c1-19(36-27-10-5-4-9-26(27)33-2)30-17-23(31)18-35-24-13-11-20(12-14-24)15-25(28(32)34-3)21-7-6-8-22(29)16-21/h4-16,19,23,30-31H,17-18H2,1-3H3. The van der Waals surface area contributed by atoms with Gasteiger partial charge in [0, 0.05) is 11.6 Å². The minimum Gasteiger partial charge on any atom is -0.493 e. The summed E-state index contributed by atoms with van der Waals surface area (Å²) in [5.74, 6) is 1.38. The molecule has 0 aromatic heterocycles. The van der Waals surface area contributed by atoms with Crippen LogP contribution in [0, 0.1) is 0 Å². The third-order valence-electron chi connectivity index (χ3n) is 5.19. The van der Waals surface area contributed by atoms with Crippen LogP contribution in [0.4, 0.5) is 0 Å². The van der Waals surface area contributed by atoms with Crippen LogP contribution in [0.25, 0.3) is 11.6 Å². The van der Waals surface area contributed by atoms with Crippen molar-refractivity contribution >= 4 is 29.2 Å². The molecule has 7 nitrogen and oxygen atoms in total. The van der Waals surface area contributed by atoms with Crippen LogP contribution in [0.5, 0.6) is 17.2 Å². The Morgan fingerprint density at radius 3 is 2.42 bits per heavy atom. The molecular formula is C28H30ClNO6. The highest BCUT2D eigenvalue weighted by atomic mass is 35.5. The number of benzene rings is 3. The second-order valence-electron chi connectivity index (χ2n) is 7.91. The Morgan fingerprint density at radius 1 is 1.03 bits per heavy atom. The van der Waals surface area contributed by atoms with E-state index < -0.39 is 12.1 Å². The molecule has 2 N–H and O–H groups in total. The number of aliphatic hydroxyl groups is 1. The first-order valence-corrected chi connectivity index (χ1v) is 11.8. The molecule has 36 heavy (non-hydrogen) atoms. The normalized spacial score (nSPS) is 13.0. The number of carbonyl (C=O) groups excluding carboxylic acids is 1. The Labute approximate surface area is 216 Å². The maximum atomic E-state index is 12.3. The molecule has 0 saturated carbocycles. The summed E-state index contributed by atoms with van der Waals surface area (Å²) in [6.45, 7) is 2.22. The average Bonchev–Trinajstić information content (AvgIpc) is 2.90. The number of hydrogen-bond donors (Lipinski definition) is 2. The number of aliphatic hydroxyl groups excluding tert-OH is 1. The molecule has 0 aliphatic rings. The van der Waals surface area contributed by atoms with Crippen LogP contribution < -0.4 is 19.5 Å². The molecule has 3 aromatic rings. The highest BCUT2D eigenvalue weighted by Gasteiger charge is 2.14. The molecule has 0 saturated heterocycles. The summed E-state index contributed by atoms with van der Waals surface area (Å²) < 4.78 is 21.7. The Kier molecular flexibility index (Phi) is 10.2. The fraction of sp³-hybridized carbons (Fsp3) is 0.250. The molecule has 0 spiro atoms. The number of methoxy groups -OCH3 is 2. The van der Waals surface area contributed by atoms with Gasteiger partial charge in [0.25, 0.3) is 0 Å². The molecule has 2 atom stereocenters. The first-order chi connectivity index (χ1) is 17.4. The van der Waals surface area contributed by atoms with E-state index in [0.29, 0.717) is 33.4 Å². The minimum absolute atomic E-state index is 0.0967. The lowest BCUT2D eigenvalue weighted by atomic mass is 10.0. The van der Waals surface area contributed by atoms with Crippen molar-refractivity contribution in [3.8, 4) is 17.2 Å². The average molecular weight is 512 g/mol. The predicted octanol–water partition coefficient (Wildman–Crippen LogP) is 4.82. The molecule has 190 valence electrons. The molecule has 0 amide bonds. The van der Waals surface area contributed by atoms with Gasteiger partial charge in [0.05, 0.1) is 19.8 Å². The monoisotopic (exact) mass is 511 g/mol. The highest BCUT2D eigenvalue weighted by molar-refractivity contribution is 6.31. The van der Waals surface area contributed by atoms with Gasteiger partial charge in [0.1, 0.15) is 24.7 Å². The first-order valence-electron chi connectivity index (χ1n) is 11.4. The molecule has 3 aromatic carbocycles. The van der Waals surface area contributed by atoms with Crippen molar-refractivity contribution in [1.82, 2.24) is 5.32 Å². The zero-order chi connectivity index (χ0) is 25.9. The SMILES string of the molecule is COC(=O)C(=Cc1ccc(OCC(O)CNC(C)Oc2ccccc2OC)cc1)c1cccc(Cl)c1. The molecule has 0 aliphatic heterocycles. The van der Waals surface area contributed by atoms with Gasteiger partial charge in [-0.1, -0.05) is 48.0 Å². The third-order valence-corrected chi connectivity index (χ3v) is 5.42. The van der Waals surface area contributed by atoms with Crippen LogP contribution in [0.3, 0.4) is 0 Å². The minimum atomic E-state index is -0.748. The highest BCUT2D eigenvalue weighted by Crippen LogP contribution is 2.26. The zero-order valence-corrected chi connectivity index (χ0v) is 21.2. The number of ether oxygens (including phenoxy) is 4. The molecule has 3 rings (SSSR count). The summed E-state index contributed by atoms with van der Waals surface area (Å²) in [6, 6.07) is 21.6. The van der Waals surface area contributed by atoms with Gasteiger partial charge in [0.2, 0.25) is 0 Å². The summed E-state index contributed by atoms with van der Waals surface area (Å²) in [5, 5.41) is 13.9. The first kappa shape index (κ1) is 27.1. The summed E-state index contributed by atoms with van der Waals surface area (Å²) >= 11 is 6.08. The number of esters is 1. The number of carbonyl (C=O) groups is 1. The summed E-state index contributed by atoms with van der Waals surface area (Å²) in [6.07, 6.45) is 0.635. The van der Waals surface area contributed by atoms with E-state index in [1.165, 1.54) is 7.11 Å². The predicted molar refractivity (Wildman–Crippen MR) is 140 cm³/mol. The lowest BCUT2D eigenvalue weighted by Crippen LogP contribution is -2.39. The van der Waals surface area contributed by atoms with E-state index in [1.54, 1.807) is 49.6 Å². The van der Waals surface area contributed by atoms with E-state index in [2.05, 4.69) is 5.32 Å². The van der Waals surface area contributed by atoms with Gasteiger partial charge in [0.15, 0.2) is 11.5 Å². The van der Waals surface area contributed by atoms with Gasteiger partial charge in [-0.15, -0.1) is 0 Å². The Balaban J connectivity index is 1.52. The van der Waals surface area contributed by atoms with E-state index in [4.69, 9.17) is 30.5 Å². The molecule has 0 heterocycles. The van der Waals surface area contributed by atoms with Crippen LogP contribution in [0.1, 0.15) is 18.1 Å². The van der Waals surface area contributed by atoms with Gasteiger partial charge in [-0.3, -0.25) is 5.32 Å². The van der Waals surface area contributed by atoms with Crippen molar-refractivity contribution in [1.29, 1.82) is 0 Å². The fourth-order valence-electron chi connectivity index (χ4n) is 3.35. The van der Waals surface area contributed by atoms with E-state index in [9.17, 15) is 9.90 Å². The Bertz CT molecular complexity index is 1160. The summed E-state index contributed by atoms with van der Waals surface area (Å²) in [5.41, 5.74) is 1.83. The van der Waals surface area contributed by atoms with E-state index >= 15 is 0 Å². The number of halogens is 1. The second kappa shape index (κ2) is 13.5. The van der Waals surface area contributed by atoms with Gasteiger partial charge in [-0.05, 0) is 60.5 Å². The van der Waals surface area contributed by atoms with Crippen molar-refractivity contribution in [2.45, 2.75) is 19.3 Å². The van der Waals surface area contributed by atoms with Crippen LogP contribution >= 0.6 is 11.6 Å². The smallest absolute Gasteiger partial charge is 0.338 e. The number of rotatable bonds is 12. The molecule has 0 radical (unpaired) electrons. The Morgan fingerprint density at radius 2 is 1.75 bits per heavy atom. The molecule has 0 fully saturated rings. The lowest BCUT2D eigenvalue weighted by Gasteiger charge is -2.20. The van der Waals surface area contributed by atoms with E-state index in [1.807, 2.05) is 43.3 Å². The number of para-hydroxylation sites is 2. The van der Waals surface area contributed by atoms with Gasteiger partial charge in [-0.2, -0.15) is 0 Å². The van der Waals surface area contributed by atoms with Gasteiger partial charge in [-0.25, -0.2) is 4.79 Å². The van der Waals surface area contributed by atoms with Gasteiger partial charge >= 0.3 is 5.97 Å². The molecule has 8 heteroatoms. The maximum Gasteiger partial charge on any atom is 0.338 e. The lowest BCUT2D eigenvalue weighted by molar-refractivity contribution is -0.133. The summed E-state index contributed by atoms with van der Waals surface area (Å²) in [4.78, 5) is 12.3. The van der Waals surface area contributed by atoms with Crippen molar-refractivity contribution in [3.05, 3.63) is 88.9 Å². The van der Waals surface area contributed by atoms with Crippen LogP contribution in [0.2, 0.25) is 5.02 Å². The maximum absolute atomic E-state index is 12.3. The largest absolute Gasteiger partial charge is 0.493 e.